The Morgan fingerprint density at radius 1 is 0.875 bits per heavy atom. The van der Waals surface area contributed by atoms with E-state index >= 15 is 0 Å². The Kier molecular flexibility index (Phi) is 4.62. The van der Waals surface area contributed by atoms with Gasteiger partial charge in [-0.1, -0.05) is 52.3 Å². The van der Waals surface area contributed by atoms with E-state index in [1.807, 2.05) is 30.3 Å². The molecule has 24 heavy (non-hydrogen) atoms. The maximum Gasteiger partial charge on any atom is 0.339 e. The molecule has 0 radical (unpaired) electrons. The van der Waals surface area contributed by atoms with Crippen LogP contribution < -0.4 is 5.32 Å². The molecule has 0 fully saturated rings. The van der Waals surface area contributed by atoms with Gasteiger partial charge in [-0.2, -0.15) is 0 Å². The van der Waals surface area contributed by atoms with E-state index in [-0.39, 0.29) is 5.91 Å². The second-order valence-corrected chi connectivity index (χ2v) is 5.99. The van der Waals surface area contributed by atoms with E-state index in [0.717, 1.165) is 15.2 Å². The van der Waals surface area contributed by atoms with E-state index in [0.29, 0.717) is 16.8 Å². The molecule has 0 spiro atoms. The van der Waals surface area contributed by atoms with Gasteiger partial charge in [0, 0.05) is 10.0 Å². The van der Waals surface area contributed by atoms with Gasteiger partial charge >= 0.3 is 5.97 Å². The molecule has 0 aliphatic carbocycles. The average molecular weight is 384 g/mol. The van der Waals surface area contributed by atoms with E-state index in [1.54, 1.807) is 30.3 Å². The van der Waals surface area contributed by atoms with E-state index in [9.17, 15) is 9.59 Å². The maximum atomic E-state index is 12.7. The third-order valence-electron chi connectivity index (χ3n) is 3.69. The summed E-state index contributed by atoms with van der Waals surface area (Å²) in [5, 5.41) is 4.58. The van der Waals surface area contributed by atoms with Crippen LogP contribution in [0.25, 0.3) is 10.8 Å². The number of methoxy groups -OCH3 is 1. The summed E-state index contributed by atoms with van der Waals surface area (Å²) in [5.74, 6) is -0.776. The number of fused-ring (bicyclic) bond motifs is 1. The zero-order valence-electron chi connectivity index (χ0n) is 12.9. The van der Waals surface area contributed by atoms with Crippen LogP contribution in [0.4, 0.5) is 5.69 Å². The number of halogens is 1. The molecule has 1 amide bonds. The number of esters is 1. The lowest BCUT2D eigenvalue weighted by molar-refractivity contribution is 0.0602. The van der Waals surface area contributed by atoms with Crippen molar-refractivity contribution in [3.8, 4) is 0 Å². The summed E-state index contributed by atoms with van der Waals surface area (Å²) in [6.45, 7) is 0. The van der Waals surface area contributed by atoms with E-state index in [2.05, 4.69) is 21.2 Å². The third-order valence-corrected chi connectivity index (χ3v) is 4.39. The van der Waals surface area contributed by atoms with Gasteiger partial charge in [0.25, 0.3) is 5.91 Å². The molecule has 3 aromatic rings. The van der Waals surface area contributed by atoms with Gasteiger partial charge in [0.05, 0.1) is 18.4 Å². The highest BCUT2D eigenvalue weighted by atomic mass is 79.9. The van der Waals surface area contributed by atoms with Crippen LogP contribution in [-0.4, -0.2) is 19.0 Å². The highest BCUT2D eigenvalue weighted by Crippen LogP contribution is 2.27. The summed E-state index contributed by atoms with van der Waals surface area (Å²) in [4.78, 5) is 24.6. The monoisotopic (exact) mass is 383 g/mol. The first kappa shape index (κ1) is 16.2. The molecule has 3 rings (SSSR count). The molecule has 0 aliphatic rings. The van der Waals surface area contributed by atoms with Crippen molar-refractivity contribution in [1.29, 1.82) is 0 Å². The van der Waals surface area contributed by atoms with Gasteiger partial charge in [0.1, 0.15) is 0 Å². The van der Waals surface area contributed by atoms with Crippen molar-refractivity contribution in [2.75, 3.05) is 12.4 Å². The summed E-state index contributed by atoms with van der Waals surface area (Å²) in [6.07, 6.45) is 0. The Bertz CT molecular complexity index is 937. The molecule has 0 saturated heterocycles. The molecular formula is C19H14BrNO3. The smallest absolute Gasteiger partial charge is 0.339 e. The van der Waals surface area contributed by atoms with Gasteiger partial charge in [-0.15, -0.1) is 0 Å². The predicted octanol–water partition coefficient (Wildman–Crippen LogP) is 4.64. The van der Waals surface area contributed by atoms with Crippen LogP contribution in [0.5, 0.6) is 0 Å². The standard InChI is InChI=1S/C19H14BrNO3/c1-24-19(23)15-6-2-3-11-17(15)21-18(22)14-9-4-8-13-12(14)7-5-10-16(13)20/h2-11H,1H3,(H,21,22). The number of para-hydroxylation sites is 1. The SMILES string of the molecule is COC(=O)c1ccccc1NC(=O)c1cccc2c(Br)cccc12. The van der Waals surface area contributed by atoms with Crippen molar-refractivity contribution in [1.82, 2.24) is 0 Å². The van der Waals surface area contributed by atoms with Crippen LogP contribution >= 0.6 is 15.9 Å². The number of hydrogen-bond acceptors (Lipinski definition) is 3. The molecule has 120 valence electrons. The summed E-state index contributed by atoms with van der Waals surface area (Å²) in [7, 11) is 1.31. The fraction of sp³-hybridized carbons (Fsp3) is 0.0526. The zero-order valence-corrected chi connectivity index (χ0v) is 14.5. The van der Waals surface area contributed by atoms with Gasteiger partial charge in [0.15, 0.2) is 0 Å². The summed E-state index contributed by atoms with van der Waals surface area (Å²) in [6, 6.07) is 18.0. The van der Waals surface area contributed by atoms with Crippen LogP contribution in [0, 0.1) is 0 Å². The van der Waals surface area contributed by atoms with Gasteiger partial charge in [-0.05, 0) is 35.0 Å². The summed E-state index contributed by atoms with van der Waals surface area (Å²) in [5.41, 5.74) is 1.27. The first-order valence-corrected chi connectivity index (χ1v) is 8.07. The van der Waals surface area contributed by atoms with E-state index in [4.69, 9.17) is 4.74 Å². The number of rotatable bonds is 3. The van der Waals surface area contributed by atoms with E-state index in [1.165, 1.54) is 7.11 Å². The molecule has 1 N–H and O–H groups in total. The van der Waals surface area contributed by atoms with Crippen molar-refractivity contribution in [2.24, 2.45) is 0 Å². The lowest BCUT2D eigenvalue weighted by atomic mass is 10.0. The highest BCUT2D eigenvalue weighted by Gasteiger charge is 2.16. The van der Waals surface area contributed by atoms with Crippen molar-refractivity contribution in [3.05, 3.63) is 76.3 Å². The first-order valence-electron chi connectivity index (χ1n) is 7.27. The van der Waals surface area contributed by atoms with Crippen LogP contribution in [0.3, 0.4) is 0 Å². The molecule has 0 aliphatic heterocycles. The van der Waals surface area contributed by atoms with Crippen LogP contribution in [0.15, 0.2) is 65.1 Å². The van der Waals surface area contributed by atoms with Gasteiger partial charge in [-0.3, -0.25) is 4.79 Å². The molecule has 3 aromatic carbocycles. The number of anilines is 1. The second kappa shape index (κ2) is 6.84. The number of carbonyl (C=O) groups excluding carboxylic acids is 2. The molecule has 5 heteroatoms. The zero-order chi connectivity index (χ0) is 17.1. The molecule has 0 atom stereocenters. The van der Waals surface area contributed by atoms with Crippen LogP contribution in [0.2, 0.25) is 0 Å². The maximum absolute atomic E-state index is 12.7. The highest BCUT2D eigenvalue weighted by molar-refractivity contribution is 9.10. The minimum absolute atomic E-state index is 0.282. The largest absolute Gasteiger partial charge is 0.465 e. The Morgan fingerprint density at radius 2 is 1.54 bits per heavy atom. The Labute approximate surface area is 147 Å². The molecule has 0 saturated carbocycles. The molecule has 0 bridgehead atoms. The number of benzene rings is 3. The lowest BCUT2D eigenvalue weighted by Crippen LogP contribution is -2.15. The fourth-order valence-electron chi connectivity index (χ4n) is 2.54. The minimum Gasteiger partial charge on any atom is -0.465 e. The van der Waals surface area contributed by atoms with Crippen LogP contribution in [-0.2, 0) is 4.74 Å². The molecule has 0 unspecified atom stereocenters. The Morgan fingerprint density at radius 3 is 2.33 bits per heavy atom. The lowest BCUT2D eigenvalue weighted by Gasteiger charge is -2.11. The van der Waals surface area contributed by atoms with Crippen molar-refractivity contribution in [3.63, 3.8) is 0 Å². The van der Waals surface area contributed by atoms with Gasteiger partial charge < -0.3 is 10.1 Å². The fourth-order valence-corrected chi connectivity index (χ4v) is 3.04. The number of hydrogen-bond donors (Lipinski definition) is 1. The summed E-state index contributed by atoms with van der Waals surface area (Å²) >= 11 is 3.49. The molecular weight excluding hydrogens is 370 g/mol. The number of carbonyl (C=O) groups is 2. The van der Waals surface area contributed by atoms with E-state index < -0.39 is 5.97 Å². The first-order chi connectivity index (χ1) is 11.6. The van der Waals surface area contributed by atoms with Crippen molar-refractivity contribution in [2.45, 2.75) is 0 Å². The predicted molar refractivity (Wildman–Crippen MR) is 97.4 cm³/mol. The number of ether oxygens (including phenoxy) is 1. The average Bonchev–Trinajstić information content (AvgIpc) is 2.61. The number of nitrogens with one attached hydrogen (secondary N) is 1. The van der Waals surface area contributed by atoms with Crippen molar-refractivity contribution < 1.29 is 14.3 Å². The number of amides is 1. The van der Waals surface area contributed by atoms with Gasteiger partial charge in [0.2, 0.25) is 0 Å². The van der Waals surface area contributed by atoms with Gasteiger partial charge in [-0.25, -0.2) is 4.79 Å². The Hall–Kier alpha value is -2.66. The topological polar surface area (TPSA) is 55.4 Å². The minimum atomic E-state index is -0.494. The molecule has 0 aromatic heterocycles. The van der Waals surface area contributed by atoms with Crippen LogP contribution in [0.1, 0.15) is 20.7 Å². The quantitative estimate of drug-likeness (QED) is 0.670. The normalized spacial score (nSPS) is 10.4. The summed E-state index contributed by atoms with van der Waals surface area (Å²) < 4.78 is 5.67. The molecule has 0 heterocycles. The Balaban J connectivity index is 2.01. The molecule has 4 nitrogen and oxygen atoms in total. The van der Waals surface area contributed by atoms with Crippen molar-refractivity contribution >= 4 is 44.3 Å². The third kappa shape index (κ3) is 3.03. The second-order valence-electron chi connectivity index (χ2n) is 5.13.